The molecule has 7 rings (SSSR count). The van der Waals surface area contributed by atoms with Crippen LogP contribution in [0.25, 0.3) is 33.3 Å². The van der Waals surface area contributed by atoms with Crippen LogP contribution in [0.5, 0.6) is 5.75 Å². The molecule has 2 aromatic carbocycles. The number of hydrogen-bond donors (Lipinski definition) is 3. The van der Waals surface area contributed by atoms with E-state index in [2.05, 4.69) is 60.9 Å². The lowest BCUT2D eigenvalue weighted by molar-refractivity contribution is -0.155. The van der Waals surface area contributed by atoms with E-state index in [1.165, 1.54) is 21.3 Å². The average Bonchev–Trinajstić information content (AvgIpc) is 3.91. The Morgan fingerprint density at radius 1 is 1.12 bits per heavy atom. The molecule has 0 unspecified atom stereocenters. The highest BCUT2D eigenvalue weighted by molar-refractivity contribution is 7.92. The Morgan fingerprint density at radius 2 is 1.89 bits per heavy atom. The number of cyclic esters (lactones) is 1. The number of pyridine rings is 1. The number of fused-ring (bicyclic) bond motifs is 6. The minimum Gasteiger partial charge on any atom is -0.508 e. The number of esters is 1. The van der Waals surface area contributed by atoms with Gasteiger partial charge in [0.1, 0.15) is 23.9 Å². The quantitative estimate of drug-likeness (QED) is 0.168. The predicted molar refractivity (Wildman–Crippen MR) is 251 cm³/mol. The van der Waals surface area contributed by atoms with Crippen LogP contribution in [-0.2, 0) is 64.7 Å². The van der Waals surface area contributed by atoms with Crippen molar-refractivity contribution in [2.45, 2.75) is 98.0 Å². The fourth-order valence-electron chi connectivity index (χ4n) is 9.79. The van der Waals surface area contributed by atoms with Gasteiger partial charge in [0.15, 0.2) is 0 Å². The zero-order valence-corrected chi connectivity index (χ0v) is 39.8. The number of nitrogens with zero attached hydrogens (tertiary/aromatic N) is 5. The first-order valence-electron chi connectivity index (χ1n) is 22.7. The van der Waals surface area contributed by atoms with Crippen molar-refractivity contribution in [1.29, 1.82) is 0 Å². The molecule has 3 amide bonds. The van der Waals surface area contributed by atoms with Gasteiger partial charge in [-0.3, -0.25) is 29.2 Å². The lowest BCUT2D eigenvalue weighted by Gasteiger charge is -2.37. The third-order valence-corrected chi connectivity index (χ3v) is 14.5. The highest BCUT2D eigenvalue weighted by Gasteiger charge is 2.41. The number of sulfonamides is 1. The van der Waals surface area contributed by atoms with Crippen LogP contribution < -0.4 is 10.7 Å². The summed E-state index contributed by atoms with van der Waals surface area (Å²) in [6.07, 6.45) is 3.44. The molecular formula is C49H63N7O9S. The maximum Gasteiger partial charge on any atom is 0.324 e. The Labute approximate surface area is 387 Å². The highest BCUT2D eigenvalue weighted by atomic mass is 32.2. The number of hydrogen-bond acceptors (Lipinski definition) is 11. The fraction of sp³-hybridized carbons (Fsp3) is 0.490. The summed E-state index contributed by atoms with van der Waals surface area (Å²) < 4.78 is 40.1. The molecule has 3 N–H and O–H groups in total. The summed E-state index contributed by atoms with van der Waals surface area (Å²) in [5.41, 5.74) is 9.38. The monoisotopic (exact) mass is 925 g/mol. The van der Waals surface area contributed by atoms with Gasteiger partial charge in [0, 0.05) is 80.2 Å². The van der Waals surface area contributed by atoms with Gasteiger partial charge >= 0.3 is 5.97 Å². The molecular weight excluding hydrogens is 863 g/mol. The zero-order chi connectivity index (χ0) is 47.7. The SMILES string of the molecule is C=CS(=O)(=O)N1CC[C@H](C(=O)N(C)[C@H](C(=O)N[C@H]2Cc3cc(O)cc(c3)-c3ccc4c(c3)c(c(-c3cccnc3COC)n4CC)CC(C)(C)COC(=O)[C@@H]3CCCN(N3)C2=O)C(C)C)C1. The molecule has 5 heterocycles. The van der Waals surface area contributed by atoms with Crippen molar-refractivity contribution in [1.82, 2.24) is 34.5 Å². The number of carbonyl (C=O) groups excluding carboxylic acids is 4. The van der Waals surface area contributed by atoms with Crippen LogP contribution in [-0.4, -0.2) is 120 Å². The number of hydrazine groups is 1. The topological polar surface area (TPSA) is 193 Å². The van der Waals surface area contributed by atoms with Gasteiger partial charge in [-0.15, -0.1) is 0 Å². The molecule has 2 aromatic heterocycles. The van der Waals surface area contributed by atoms with E-state index in [0.29, 0.717) is 43.5 Å². The van der Waals surface area contributed by atoms with Crippen molar-refractivity contribution in [2.75, 3.05) is 40.4 Å². The number of rotatable bonds is 11. The molecule has 4 atom stereocenters. The molecule has 4 aromatic rings. The first kappa shape index (κ1) is 48.3. The number of likely N-dealkylation sites (N-methyl/N-ethyl adjacent to an activating group) is 1. The summed E-state index contributed by atoms with van der Waals surface area (Å²) >= 11 is 0. The third kappa shape index (κ3) is 10.0. The van der Waals surface area contributed by atoms with E-state index in [0.717, 1.165) is 44.4 Å². The number of carbonyl (C=O) groups is 4. The van der Waals surface area contributed by atoms with Gasteiger partial charge in [0.05, 0.1) is 30.5 Å². The average molecular weight is 926 g/mol. The Balaban J connectivity index is 1.30. The number of aryl methyl sites for hydroxylation is 1. The minimum atomic E-state index is -3.73. The van der Waals surface area contributed by atoms with Gasteiger partial charge in [0.25, 0.3) is 5.91 Å². The fourth-order valence-corrected chi connectivity index (χ4v) is 10.8. The Morgan fingerprint density at radius 3 is 2.61 bits per heavy atom. The first-order valence-corrected chi connectivity index (χ1v) is 24.2. The molecule has 17 heteroatoms. The number of phenols is 1. The summed E-state index contributed by atoms with van der Waals surface area (Å²) in [5.74, 6) is -3.09. The van der Waals surface area contributed by atoms with Crippen LogP contribution in [0.15, 0.2) is 66.7 Å². The Hall–Kier alpha value is -5.62. The largest absolute Gasteiger partial charge is 0.508 e. The van der Waals surface area contributed by atoms with E-state index in [1.54, 1.807) is 39.3 Å². The number of phenolic OH excluding ortho intramolecular Hbond substituents is 1. The number of benzene rings is 2. The van der Waals surface area contributed by atoms with Crippen LogP contribution in [0.1, 0.15) is 70.7 Å². The summed E-state index contributed by atoms with van der Waals surface area (Å²) in [6.45, 7) is 14.6. The summed E-state index contributed by atoms with van der Waals surface area (Å²) in [7, 11) is -0.568. The van der Waals surface area contributed by atoms with Crippen molar-refractivity contribution >= 4 is 44.6 Å². The summed E-state index contributed by atoms with van der Waals surface area (Å²) in [6, 6.07) is 12.2. The summed E-state index contributed by atoms with van der Waals surface area (Å²) in [5, 5.41) is 17.5. The second-order valence-electron chi connectivity index (χ2n) is 18.8. The number of ether oxygens (including phenoxy) is 2. The Bertz CT molecular complexity index is 2630. The second kappa shape index (κ2) is 19.7. The lowest BCUT2D eigenvalue weighted by atomic mass is 9.84. The number of nitrogens with one attached hydrogen (secondary N) is 2. The molecule has 2 fully saturated rings. The van der Waals surface area contributed by atoms with Gasteiger partial charge in [-0.2, -0.15) is 4.31 Å². The van der Waals surface area contributed by atoms with E-state index in [9.17, 15) is 32.7 Å². The first-order chi connectivity index (χ1) is 31.4. The van der Waals surface area contributed by atoms with Crippen molar-refractivity contribution < 1.29 is 42.2 Å². The molecule has 0 aliphatic carbocycles. The van der Waals surface area contributed by atoms with Gasteiger partial charge in [-0.1, -0.05) is 46.4 Å². The maximum absolute atomic E-state index is 14.7. The van der Waals surface area contributed by atoms with Gasteiger partial charge < -0.3 is 29.4 Å². The molecule has 3 aliphatic heterocycles. The molecule has 16 nitrogen and oxygen atoms in total. The number of methoxy groups -OCH3 is 1. The molecule has 0 saturated carbocycles. The van der Waals surface area contributed by atoms with Crippen LogP contribution in [0.4, 0.5) is 0 Å². The maximum atomic E-state index is 14.7. The Kier molecular flexibility index (Phi) is 14.4. The van der Waals surface area contributed by atoms with Crippen LogP contribution >= 0.6 is 0 Å². The summed E-state index contributed by atoms with van der Waals surface area (Å²) in [4.78, 5) is 63.0. The smallest absolute Gasteiger partial charge is 0.324 e. The normalized spacial score (nSPS) is 21.0. The van der Waals surface area contributed by atoms with Crippen LogP contribution in [0, 0.1) is 17.3 Å². The van der Waals surface area contributed by atoms with E-state index in [-0.39, 0.29) is 50.7 Å². The van der Waals surface area contributed by atoms with E-state index in [4.69, 9.17) is 14.5 Å². The molecule has 2 saturated heterocycles. The van der Waals surface area contributed by atoms with Crippen molar-refractivity contribution in [3.63, 3.8) is 0 Å². The van der Waals surface area contributed by atoms with Gasteiger partial charge in [-0.25, -0.2) is 13.8 Å². The van der Waals surface area contributed by atoms with Crippen LogP contribution in [0.2, 0.25) is 0 Å². The minimum absolute atomic E-state index is 0.0318. The van der Waals surface area contributed by atoms with E-state index in [1.807, 2.05) is 18.2 Å². The second-order valence-corrected chi connectivity index (χ2v) is 20.7. The molecule has 66 heavy (non-hydrogen) atoms. The van der Waals surface area contributed by atoms with Gasteiger partial charge in [-0.05, 0) is 97.2 Å². The number of aromatic nitrogens is 2. The lowest BCUT2D eigenvalue weighted by Crippen LogP contribution is -2.62. The molecule has 3 aliphatic rings. The predicted octanol–water partition coefficient (Wildman–Crippen LogP) is 5.17. The zero-order valence-electron chi connectivity index (χ0n) is 39.0. The number of aromatic hydroxyl groups is 1. The molecule has 6 bridgehead atoms. The van der Waals surface area contributed by atoms with E-state index < -0.39 is 63.2 Å². The van der Waals surface area contributed by atoms with E-state index >= 15 is 0 Å². The van der Waals surface area contributed by atoms with Crippen molar-refractivity contribution in [3.05, 3.63) is 83.5 Å². The molecule has 354 valence electrons. The standard InChI is InChI=1S/C49H63N7O9S/c1-9-55-42-16-15-32-25-37(42)38(44(55)36-13-11-18-50-41(36)28-64-8)26-49(5,6)29-65-48(61)39-14-12-19-56(52-39)47(60)40(23-31-21-34(32)24-35(57)22-31)51-45(58)43(30(3)4)53(7)46(59)33-17-20-54(27-33)66(62,63)10-2/h10-11,13,15-16,18,21-22,24-25,30,33,39-40,43,52,57H,2,9,12,14,17,19-20,23,26-29H2,1,3-8H3,(H,51,58)/t33-,39-,40-,43-/m0/s1. The van der Waals surface area contributed by atoms with Crippen molar-refractivity contribution in [2.24, 2.45) is 17.3 Å². The van der Waals surface area contributed by atoms with Crippen molar-refractivity contribution in [3.8, 4) is 28.1 Å². The molecule has 0 radical (unpaired) electrons. The van der Waals surface area contributed by atoms with Gasteiger partial charge in [0.2, 0.25) is 21.8 Å². The third-order valence-electron chi connectivity index (χ3n) is 13.0. The molecule has 0 spiro atoms. The van der Waals surface area contributed by atoms with Crippen LogP contribution in [0.3, 0.4) is 0 Å². The highest BCUT2D eigenvalue weighted by Crippen LogP contribution is 2.41. The number of amides is 3.